The summed E-state index contributed by atoms with van der Waals surface area (Å²) >= 11 is 6.08. The highest BCUT2D eigenvalue weighted by Crippen LogP contribution is 2.37. The van der Waals surface area contributed by atoms with E-state index in [1.54, 1.807) is 31.4 Å². The van der Waals surface area contributed by atoms with Crippen LogP contribution in [0.5, 0.6) is 0 Å². The number of piperidine rings is 1. The summed E-state index contributed by atoms with van der Waals surface area (Å²) in [6.45, 7) is 1.61. The first-order chi connectivity index (χ1) is 11.5. The first-order valence-electron chi connectivity index (χ1n) is 8.00. The fourth-order valence-corrected chi connectivity index (χ4v) is 3.30. The number of likely N-dealkylation sites (tertiary alicyclic amines) is 1. The molecular formula is C17H24ClNO5. The molecule has 1 saturated heterocycles. The molecule has 0 aromatic heterocycles. The minimum atomic E-state index is -1.30. The van der Waals surface area contributed by atoms with Gasteiger partial charge in [-0.25, -0.2) is 4.79 Å². The number of methoxy groups -OCH3 is 1. The molecule has 7 heteroatoms. The summed E-state index contributed by atoms with van der Waals surface area (Å²) in [7, 11) is 1.58. The van der Waals surface area contributed by atoms with E-state index in [2.05, 4.69) is 0 Å². The topological polar surface area (TPSA) is 79.2 Å². The largest absolute Gasteiger partial charge is 0.465 e. The second-order valence-electron chi connectivity index (χ2n) is 6.05. The van der Waals surface area contributed by atoms with Gasteiger partial charge in [0.15, 0.2) is 0 Å². The van der Waals surface area contributed by atoms with Crippen molar-refractivity contribution in [1.29, 1.82) is 0 Å². The Morgan fingerprint density at radius 2 is 2.25 bits per heavy atom. The fraction of sp³-hybridized carbons (Fsp3) is 0.588. The number of amides is 1. The van der Waals surface area contributed by atoms with Crippen LogP contribution >= 0.6 is 11.6 Å². The highest BCUT2D eigenvalue weighted by Gasteiger charge is 2.42. The van der Waals surface area contributed by atoms with Crippen LogP contribution in [0.1, 0.15) is 18.4 Å². The molecule has 24 heavy (non-hydrogen) atoms. The molecule has 0 saturated carbocycles. The van der Waals surface area contributed by atoms with E-state index in [9.17, 15) is 15.0 Å². The van der Waals surface area contributed by atoms with E-state index in [-0.39, 0.29) is 19.1 Å². The van der Waals surface area contributed by atoms with Crippen molar-refractivity contribution < 1.29 is 24.5 Å². The lowest BCUT2D eigenvalue weighted by Gasteiger charge is -2.41. The van der Waals surface area contributed by atoms with E-state index in [0.29, 0.717) is 36.8 Å². The Morgan fingerprint density at radius 3 is 2.92 bits per heavy atom. The van der Waals surface area contributed by atoms with Crippen molar-refractivity contribution in [3.8, 4) is 0 Å². The Labute approximate surface area is 146 Å². The number of benzene rings is 1. The molecule has 0 bridgehead atoms. The molecule has 1 heterocycles. The smallest absolute Gasteiger partial charge is 0.407 e. The first-order valence-corrected chi connectivity index (χ1v) is 8.38. The van der Waals surface area contributed by atoms with Gasteiger partial charge in [-0.05, 0) is 30.5 Å². The van der Waals surface area contributed by atoms with Crippen LogP contribution < -0.4 is 0 Å². The van der Waals surface area contributed by atoms with Crippen LogP contribution in [0.2, 0.25) is 5.02 Å². The Morgan fingerprint density at radius 1 is 1.46 bits per heavy atom. The Bertz CT molecular complexity index is 556. The average Bonchev–Trinajstić information content (AvgIpc) is 2.58. The number of carbonyl (C=O) groups is 1. The minimum Gasteiger partial charge on any atom is -0.465 e. The quantitative estimate of drug-likeness (QED) is 0.733. The van der Waals surface area contributed by atoms with Crippen molar-refractivity contribution in [2.75, 3.05) is 40.0 Å². The molecule has 1 aromatic carbocycles. The van der Waals surface area contributed by atoms with Crippen molar-refractivity contribution in [1.82, 2.24) is 4.90 Å². The summed E-state index contributed by atoms with van der Waals surface area (Å²) in [6, 6.07) is 7.02. The van der Waals surface area contributed by atoms with Crippen LogP contribution in [0.4, 0.5) is 4.79 Å². The Balaban J connectivity index is 2.22. The van der Waals surface area contributed by atoms with Gasteiger partial charge in [-0.2, -0.15) is 0 Å². The number of hydrogen-bond donors (Lipinski definition) is 2. The van der Waals surface area contributed by atoms with Crippen LogP contribution in [-0.4, -0.2) is 61.2 Å². The van der Waals surface area contributed by atoms with Gasteiger partial charge >= 0.3 is 6.09 Å². The van der Waals surface area contributed by atoms with Crippen molar-refractivity contribution in [3.63, 3.8) is 0 Å². The van der Waals surface area contributed by atoms with Crippen molar-refractivity contribution in [3.05, 3.63) is 34.9 Å². The molecule has 1 aromatic rings. The monoisotopic (exact) mass is 357 g/mol. The number of aliphatic hydroxyl groups is 1. The Kier molecular flexibility index (Phi) is 6.86. The van der Waals surface area contributed by atoms with Gasteiger partial charge in [-0.3, -0.25) is 0 Å². The lowest BCUT2D eigenvalue weighted by molar-refractivity contribution is -0.109. The summed E-state index contributed by atoms with van der Waals surface area (Å²) in [5.74, 6) is -0.261. The van der Waals surface area contributed by atoms with Gasteiger partial charge in [0.25, 0.3) is 0 Å². The van der Waals surface area contributed by atoms with Gasteiger partial charge in [-0.15, -0.1) is 0 Å². The molecule has 1 aliphatic heterocycles. The van der Waals surface area contributed by atoms with Gasteiger partial charge in [0.05, 0.1) is 19.8 Å². The van der Waals surface area contributed by atoms with Crippen LogP contribution in [-0.2, 0) is 15.1 Å². The molecule has 0 spiro atoms. The predicted molar refractivity (Wildman–Crippen MR) is 90.4 cm³/mol. The molecule has 1 aliphatic rings. The summed E-state index contributed by atoms with van der Waals surface area (Å²) < 4.78 is 10.6. The number of hydrogen-bond acceptors (Lipinski definition) is 4. The summed E-state index contributed by atoms with van der Waals surface area (Å²) in [6.07, 6.45) is 0.465. The maximum absolute atomic E-state index is 11.4. The number of nitrogens with zero attached hydrogens (tertiary/aromatic N) is 1. The molecular weight excluding hydrogens is 334 g/mol. The SMILES string of the molecule is COCCOC[C@](O)(c1cccc(Cl)c1)C1CCCN(C(=O)O)C1. The lowest BCUT2D eigenvalue weighted by Crippen LogP contribution is -2.50. The molecule has 134 valence electrons. The zero-order valence-corrected chi connectivity index (χ0v) is 14.5. The lowest BCUT2D eigenvalue weighted by atomic mass is 9.77. The average molecular weight is 358 g/mol. The van der Waals surface area contributed by atoms with Crippen LogP contribution in [0.3, 0.4) is 0 Å². The predicted octanol–water partition coefficient (Wildman–Crippen LogP) is 2.58. The molecule has 1 fully saturated rings. The Hall–Kier alpha value is -1.34. The van der Waals surface area contributed by atoms with Crippen LogP contribution in [0.15, 0.2) is 24.3 Å². The van der Waals surface area contributed by atoms with Gasteiger partial charge < -0.3 is 24.6 Å². The third-order valence-corrected chi connectivity index (χ3v) is 4.68. The van der Waals surface area contributed by atoms with Gasteiger partial charge in [0.2, 0.25) is 0 Å². The highest BCUT2D eigenvalue weighted by atomic mass is 35.5. The summed E-state index contributed by atoms with van der Waals surface area (Å²) in [4.78, 5) is 12.6. The third kappa shape index (κ3) is 4.60. The molecule has 1 unspecified atom stereocenters. The number of halogens is 1. The minimum absolute atomic E-state index is 0.0643. The summed E-state index contributed by atoms with van der Waals surface area (Å²) in [5, 5.41) is 21.2. The van der Waals surface area contributed by atoms with E-state index in [1.165, 1.54) is 4.90 Å². The van der Waals surface area contributed by atoms with Crippen LogP contribution in [0.25, 0.3) is 0 Å². The number of ether oxygens (including phenoxy) is 2. The van der Waals surface area contributed by atoms with E-state index in [1.807, 2.05) is 0 Å². The molecule has 2 atom stereocenters. The number of carboxylic acid groups (broad SMARTS) is 1. The maximum Gasteiger partial charge on any atom is 0.407 e. The fourth-order valence-electron chi connectivity index (χ4n) is 3.11. The maximum atomic E-state index is 11.4. The molecule has 0 aliphatic carbocycles. The van der Waals surface area contributed by atoms with Crippen LogP contribution in [0, 0.1) is 5.92 Å². The van der Waals surface area contributed by atoms with Gasteiger partial charge in [-0.1, -0.05) is 23.7 Å². The van der Waals surface area contributed by atoms with Crippen molar-refractivity contribution >= 4 is 17.7 Å². The van der Waals surface area contributed by atoms with Crippen molar-refractivity contribution in [2.45, 2.75) is 18.4 Å². The molecule has 1 amide bonds. The second-order valence-corrected chi connectivity index (χ2v) is 6.48. The second kappa shape index (κ2) is 8.67. The standard InChI is InChI=1S/C17H24ClNO5/c1-23-8-9-24-12-17(22,13-4-2-6-15(18)10-13)14-5-3-7-19(11-14)16(20)21/h2,4,6,10,14,22H,3,5,7-9,11-12H2,1H3,(H,20,21)/t14?,17-/m0/s1. The van der Waals surface area contributed by atoms with Crippen molar-refractivity contribution in [2.24, 2.45) is 5.92 Å². The molecule has 2 rings (SSSR count). The highest BCUT2D eigenvalue weighted by molar-refractivity contribution is 6.30. The van der Waals surface area contributed by atoms with Gasteiger partial charge in [0, 0.05) is 31.1 Å². The third-order valence-electron chi connectivity index (χ3n) is 4.45. The van der Waals surface area contributed by atoms with E-state index in [0.717, 1.165) is 6.42 Å². The van der Waals surface area contributed by atoms with E-state index < -0.39 is 11.7 Å². The zero-order valence-electron chi connectivity index (χ0n) is 13.8. The zero-order chi connectivity index (χ0) is 17.6. The van der Waals surface area contributed by atoms with E-state index in [4.69, 9.17) is 21.1 Å². The molecule has 0 radical (unpaired) electrons. The number of rotatable bonds is 7. The van der Waals surface area contributed by atoms with E-state index >= 15 is 0 Å². The molecule has 2 N–H and O–H groups in total. The summed E-state index contributed by atoms with van der Waals surface area (Å²) in [5.41, 5.74) is -0.656. The first kappa shape index (κ1) is 19.0. The van der Waals surface area contributed by atoms with Gasteiger partial charge in [0.1, 0.15) is 5.60 Å². The molecule has 6 nitrogen and oxygen atoms in total. The normalized spacial score (nSPS) is 20.6.